The molecule has 2 N–H and O–H groups in total. The van der Waals surface area contributed by atoms with Gasteiger partial charge in [0.15, 0.2) is 0 Å². The number of aromatic nitrogens is 2. The Balaban J connectivity index is 1.84. The van der Waals surface area contributed by atoms with Gasteiger partial charge in [-0.15, -0.1) is 0 Å². The molecule has 2 atom stereocenters. The molecule has 0 saturated heterocycles. The number of carbonyl (C=O) groups is 2. The summed E-state index contributed by atoms with van der Waals surface area (Å²) in [4.78, 5) is 23.4. The summed E-state index contributed by atoms with van der Waals surface area (Å²) in [7, 11) is 0. The SMILES string of the molecule is CC1(C)[C@H](C(=O)O)[C@@H]1C(=O)Nc1cccc2nsnc12. The summed E-state index contributed by atoms with van der Waals surface area (Å²) in [5.41, 5.74) is 1.42. The molecular weight excluding hydrogens is 278 g/mol. The Morgan fingerprint density at radius 3 is 2.70 bits per heavy atom. The molecule has 1 aliphatic rings. The van der Waals surface area contributed by atoms with Crippen molar-refractivity contribution in [1.82, 2.24) is 8.75 Å². The van der Waals surface area contributed by atoms with Crippen molar-refractivity contribution in [3.8, 4) is 0 Å². The number of rotatable bonds is 3. The van der Waals surface area contributed by atoms with Gasteiger partial charge in [-0.3, -0.25) is 9.59 Å². The third kappa shape index (κ3) is 1.85. The van der Waals surface area contributed by atoms with E-state index < -0.39 is 23.2 Å². The summed E-state index contributed by atoms with van der Waals surface area (Å²) < 4.78 is 8.25. The van der Waals surface area contributed by atoms with Gasteiger partial charge in [0, 0.05) is 0 Å². The zero-order valence-corrected chi connectivity index (χ0v) is 11.8. The summed E-state index contributed by atoms with van der Waals surface area (Å²) in [5.74, 6) is -2.34. The molecule has 20 heavy (non-hydrogen) atoms. The number of amides is 1. The second kappa shape index (κ2) is 4.24. The number of carboxylic acid groups (broad SMARTS) is 1. The van der Waals surface area contributed by atoms with Gasteiger partial charge >= 0.3 is 5.97 Å². The van der Waals surface area contributed by atoms with Crippen LogP contribution in [0.4, 0.5) is 5.69 Å². The van der Waals surface area contributed by atoms with Crippen molar-refractivity contribution >= 4 is 40.3 Å². The highest BCUT2D eigenvalue weighted by Gasteiger charge is 2.65. The van der Waals surface area contributed by atoms with Crippen molar-refractivity contribution in [1.29, 1.82) is 0 Å². The topological polar surface area (TPSA) is 92.2 Å². The molecule has 7 heteroatoms. The van der Waals surface area contributed by atoms with Crippen molar-refractivity contribution < 1.29 is 14.7 Å². The zero-order chi connectivity index (χ0) is 14.5. The molecule has 1 aromatic carbocycles. The van der Waals surface area contributed by atoms with Gasteiger partial charge in [-0.2, -0.15) is 8.75 Å². The lowest BCUT2D eigenvalue weighted by Gasteiger charge is -2.06. The fourth-order valence-electron chi connectivity index (χ4n) is 2.71. The Kier molecular flexibility index (Phi) is 2.75. The highest BCUT2D eigenvalue weighted by Crippen LogP contribution is 2.58. The minimum atomic E-state index is -0.927. The summed E-state index contributed by atoms with van der Waals surface area (Å²) in [6, 6.07) is 5.34. The molecule has 2 aromatic rings. The summed E-state index contributed by atoms with van der Waals surface area (Å²) in [5, 5.41) is 11.9. The third-order valence-corrected chi connectivity index (χ3v) is 4.46. The van der Waals surface area contributed by atoms with Crippen molar-refractivity contribution in [2.24, 2.45) is 17.3 Å². The quantitative estimate of drug-likeness (QED) is 0.902. The molecule has 0 bridgehead atoms. The Bertz CT molecular complexity index is 710. The molecule has 0 aliphatic heterocycles. The maximum Gasteiger partial charge on any atom is 0.307 e. The second-order valence-electron chi connectivity index (χ2n) is 5.54. The smallest absolute Gasteiger partial charge is 0.307 e. The Morgan fingerprint density at radius 1 is 1.30 bits per heavy atom. The highest BCUT2D eigenvalue weighted by atomic mass is 32.1. The number of anilines is 1. The van der Waals surface area contributed by atoms with Crippen LogP contribution < -0.4 is 5.32 Å². The van der Waals surface area contributed by atoms with Crippen LogP contribution in [-0.4, -0.2) is 25.7 Å². The van der Waals surface area contributed by atoms with Crippen LogP contribution in [0.5, 0.6) is 0 Å². The molecule has 1 aliphatic carbocycles. The first-order valence-electron chi connectivity index (χ1n) is 6.18. The predicted molar refractivity (Wildman–Crippen MR) is 74.4 cm³/mol. The summed E-state index contributed by atoms with van der Waals surface area (Å²) in [6.07, 6.45) is 0. The number of hydrogen-bond donors (Lipinski definition) is 2. The largest absolute Gasteiger partial charge is 0.481 e. The van der Waals surface area contributed by atoms with E-state index in [2.05, 4.69) is 14.1 Å². The number of nitrogens with zero attached hydrogens (tertiary/aromatic N) is 2. The average Bonchev–Trinajstić information content (AvgIpc) is 2.73. The zero-order valence-electron chi connectivity index (χ0n) is 11.0. The summed E-state index contributed by atoms with van der Waals surface area (Å²) in [6.45, 7) is 3.59. The van der Waals surface area contributed by atoms with E-state index in [0.29, 0.717) is 11.2 Å². The van der Waals surface area contributed by atoms with Crippen molar-refractivity contribution in [3.05, 3.63) is 18.2 Å². The van der Waals surface area contributed by atoms with Crippen LogP contribution in [0.1, 0.15) is 13.8 Å². The Morgan fingerprint density at radius 2 is 2.05 bits per heavy atom. The molecule has 1 heterocycles. The molecule has 1 saturated carbocycles. The van der Waals surface area contributed by atoms with Gasteiger partial charge in [-0.25, -0.2) is 0 Å². The first-order chi connectivity index (χ1) is 9.43. The predicted octanol–water partition coefficient (Wildman–Crippen LogP) is 1.99. The lowest BCUT2D eigenvalue weighted by atomic mass is 10.1. The van der Waals surface area contributed by atoms with E-state index in [1.807, 2.05) is 6.07 Å². The molecule has 6 nitrogen and oxygen atoms in total. The van der Waals surface area contributed by atoms with Crippen LogP contribution in [0, 0.1) is 17.3 Å². The number of hydrogen-bond acceptors (Lipinski definition) is 5. The fraction of sp³-hybridized carbons (Fsp3) is 0.385. The van der Waals surface area contributed by atoms with Gasteiger partial charge in [-0.05, 0) is 17.5 Å². The first-order valence-corrected chi connectivity index (χ1v) is 6.91. The normalized spacial score (nSPS) is 23.5. The number of carboxylic acids is 1. The van der Waals surface area contributed by atoms with E-state index in [9.17, 15) is 9.59 Å². The number of benzene rings is 1. The lowest BCUT2D eigenvalue weighted by Crippen LogP contribution is -2.17. The molecular formula is C13H13N3O3S. The monoisotopic (exact) mass is 291 g/mol. The molecule has 0 spiro atoms. The molecule has 104 valence electrons. The van der Waals surface area contributed by atoms with E-state index in [-0.39, 0.29) is 5.91 Å². The van der Waals surface area contributed by atoms with E-state index in [1.54, 1.807) is 26.0 Å². The lowest BCUT2D eigenvalue weighted by molar-refractivity contribution is -0.140. The van der Waals surface area contributed by atoms with E-state index in [1.165, 1.54) is 0 Å². The van der Waals surface area contributed by atoms with Gasteiger partial charge in [0.1, 0.15) is 11.0 Å². The maximum atomic E-state index is 12.3. The van der Waals surface area contributed by atoms with Gasteiger partial charge in [0.05, 0.1) is 29.3 Å². The molecule has 0 radical (unpaired) electrons. The number of aliphatic carboxylic acids is 1. The molecule has 1 amide bonds. The van der Waals surface area contributed by atoms with Crippen LogP contribution >= 0.6 is 11.7 Å². The first kappa shape index (κ1) is 13.0. The minimum absolute atomic E-state index is 0.275. The average molecular weight is 291 g/mol. The minimum Gasteiger partial charge on any atom is -0.481 e. The maximum absolute atomic E-state index is 12.3. The third-order valence-electron chi connectivity index (χ3n) is 3.92. The number of fused-ring (bicyclic) bond motifs is 1. The highest BCUT2D eigenvalue weighted by molar-refractivity contribution is 7.00. The van der Waals surface area contributed by atoms with Crippen molar-refractivity contribution in [2.45, 2.75) is 13.8 Å². The fourth-order valence-corrected chi connectivity index (χ4v) is 3.26. The summed E-state index contributed by atoms with van der Waals surface area (Å²) >= 11 is 1.08. The second-order valence-corrected chi connectivity index (χ2v) is 6.07. The number of nitrogens with one attached hydrogen (secondary N) is 1. The molecule has 1 fully saturated rings. The van der Waals surface area contributed by atoms with E-state index >= 15 is 0 Å². The van der Waals surface area contributed by atoms with Gasteiger partial charge in [-0.1, -0.05) is 19.9 Å². The Hall–Kier alpha value is -2.02. The van der Waals surface area contributed by atoms with E-state index in [0.717, 1.165) is 17.2 Å². The molecule has 0 unspecified atom stereocenters. The van der Waals surface area contributed by atoms with Crippen LogP contribution in [0.3, 0.4) is 0 Å². The molecule has 1 aromatic heterocycles. The van der Waals surface area contributed by atoms with Crippen LogP contribution in [-0.2, 0) is 9.59 Å². The van der Waals surface area contributed by atoms with Crippen LogP contribution in [0.25, 0.3) is 11.0 Å². The van der Waals surface area contributed by atoms with E-state index in [4.69, 9.17) is 5.11 Å². The van der Waals surface area contributed by atoms with Crippen molar-refractivity contribution in [2.75, 3.05) is 5.32 Å². The Labute approximate surface area is 119 Å². The van der Waals surface area contributed by atoms with Crippen molar-refractivity contribution in [3.63, 3.8) is 0 Å². The van der Waals surface area contributed by atoms with Gasteiger partial charge < -0.3 is 10.4 Å². The molecule has 3 rings (SSSR count). The van der Waals surface area contributed by atoms with Crippen LogP contribution in [0.15, 0.2) is 18.2 Å². The van der Waals surface area contributed by atoms with Crippen LogP contribution in [0.2, 0.25) is 0 Å². The van der Waals surface area contributed by atoms with Gasteiger partial charge in [0.2, 0.25) is 5.91 Å². The number of carbonyl (C=O) groups excluding carboxylic acids is 1. The van der Waals surface area contributed by atoms with Gasteiger partial charge in [0.25, 0.3) is 0 Å². The standard InChI is InChI=1S/C13H13N3O3S/c1-13(2)8(9(13)12(18)19)11(17)14-6-4-3-5-7-10(6)16-20-15-7/h3-5,8-9H,1-2H3,(H,14,17)(H,18,19)/t8-,9+/m1/s1.